The zero-order valence-corrected chi connectivity index (χ0v) is 10.1. The minimum absolute atomic E-state index is 0.0823. The molecule has 1 N–H and O–H groups in total. The first-order valence-electron chi connectivity index (χ1n) is 5.59. The van der Waals surface area contributed by atoms with Gasteiger partial charge in [-0.25, -0.2) is 4.79 Å². The summed E-state index contributed by atoms with van der Waals surface area (Å²) in [6.07, 6.45) is 0.553. The highest BCUT2D eigenvalue weighted by Crippen LogP contribution is 2.17. The number of ether oxygens (including phenoxy) is 1. The zero-order chi connectivity index (χ0) is 12.1. The van der Waals surface area contributed by atoms with E-state index < -0.39 is 0 Å². The van der Waals surface area contributed by atoms with E-state index >= 15 is 0 Å². The first-order chi connectivity index (χ1) is 7.61. The molecule has 90 valence electrons. The lowest BCUT2D eigenvalue weighted by atomic mass is 10.3. The van der Waals surface area contributed by atoms with E-state index in [-0.39, 0.29) is 18.6 Å². The Kier molecular flexibility index (Phi) is 4.55. The van der Waals surface area contributed by atoms with Gasteiger partial charge in [0.15, 0.2) is 0 Å². The summed E-state index contributed by atoms with van der Waals surface area (Å²) >= 11 is 0. The average Bonchev–Trinajstić information content (AvgIpc) is 2.62. The van der Waals surface area contributed by atoms with Crippen LogP contribution >= 0.6 is 0 Å². The molecule has 0 amide bonds. The highest BCUT2D eigenvalue weighted by molar-refractivity contribution is 5.88. The van der Waals surface area contributed by atoms with Crippen LogP contribution in [-0.2, 0) is 11.2 Å². The van der Waals surface area contributed by atoms with Gasteiger partial charge in [0, 0.05) is 24.8 Å². The molecule has 1 heterocycles. The van der Waals surface area contributed by atoms with E-state index in [0.717, 1.165) is 5.69 Å². The molecule has 0 bridgehead atoms. The summed E-state index contributed by atoms with van der Waals surface area (Å²) in [4.78, 5) is 11.7. The summed E-state index contributed by atoms with van der Waals surface area (Å²) in [5.41, 5.74) is 1.51. The fourth-order valence-corrected chi connectivity index (χ4v) is 1.79. The topological polar surface area (TPSA) is 51.5 Å². The van der Waals surface area contributed by atoms with E-state index in [2.05, 4.69) is 0 Å². The van der Waals surface area contributed by atoms with Crippen molar-refractivity contribution in [3.05, 3.63) is 23.5 Å². The third kappa shape index (κ3) is 2.64. The van der Waals surface area contributed by atoms with Crippen LogP contribution in [0.25, 0.3) is 0 Å². The normalized spacial score (nSPS) is 10.8. The Labute approximate surface area is 95.8 Å². The summed E-state index contributed by atoms with van der Waals surface area (Å²) in [6, 6.07) is 3.79. The molecule has 0 aliphatic carbocycles. The molecule has 4 heteroatoms. The minimum Gasteiger partial charge on any atom is -0.461 e. The van der Waals surface area contributed by atoms with Crippen LogP contribution in [-0.4, -0.2) is 28.9 Å². The summed E-state index contributed by atoms with van der Waals surface area (Å²) in [6.45, 7) is 6.25. The van der Waals surface area contributed by atoms with Crippen molar-refractivity contribution >= 4 is 5.97 Å². The predicted octanol–water partition coefficient (Wildman–Crippen LogP) is 1.78. The van der Waals surface area contributed by atoms with Gasteiger partial charge in [0.1, 0.15) is 5.69 Å². The quantitative estimate of drug-likeness (QED) is 0.777. The Balaban J connectivity index is 3.04. The number of rotatable bonds is 5. The van der Waals surface area contributed by atoms with Crippen LogP contribution in [0.15, 0.2) is 12.1 Å². The summed E-state index contributed by atoms with van der Waals surface area (Å²) in [5.74, 6) is -0.305. The van der Waals surface area contributed by atoms with Gasteiger partial charge in [0.25, 0.3) is 0 Å². The molecule has 0 aliphatic heterocycles. The van der Waals surface area contributed by atoms with Gasteiger partial charge in [0.05, 0.1) is 6.61 Å². The van der Waals surface area contributed by atoms with Crippen molar-refractivity contribution in [2.75, 3.05) is 13.2 Å². The number of aromatic nitrogens is 1. The summed E-state index contributed by atoms with van der Waals surface area (Å²) in [7, 11) is 0. The molecule has 1 aromatic heterocycles. The Morgan fingerprint density at radius 2 is 2.19 bits per heavy atom. The monoisotopic (exact) mass is 225 g/mol. The molecular weight excluding hydrogens is 206 g/mol. The number of nitrogens with zero attached hydrogens (tertiary/aromatic N) is 1. The number of aliphatic hydroxyl groups excluding tert-OH is 1. The van der Waals surface area contributed by atoms with Crippen molar-refractivity contribution in [2.24, 2.45) is 0 Å². The molecule has 4 nitrogen and oxygen atoms in total. The summed E-state index contributed by atoms with van der Waals surface area (Å²) < 4.78 is 6.90. The van der Waals surface area contributed by atoms with Crippen LogP contribution in [0.5, 0.6) is 0 Å². The third-order valence-corrected chi connectivity index (χ3v) is 2.37. The van der Waals surface area contributed by atoms with Crippen LogP contribution in [0.1, 0.15) is 43.0 Å². The number of aliphatic hydroxyl groups is 1. The molecular formula is C12H19NO3. The summed E-state index contributed by atoms with van der Waals surface area (Å²) in [5, 5.41) is 8.95. The van der Waals surface area contributed by atoms with E-state index in [1.165, 1.54) is 0 Å². The van der Waals surface area contributed by atoms with Gasteiger partial charge in [-0.3, -0.25) is 0 Å². The first-order valence-corrected chi connectivity index (χ1v) is 5.59. The van der Waals surface area contributed by atoms with Crippen molar-refractivity contribution in [1.29, 1.82) is 0 Å². The molecule has 1 rings (SSSR count). The van der Waals surface area contributed by atoms with Crippen LogP contribution in [0, 0.1) is 0 Å². The molecule has 0 radical (unpaired) electrons. The van der Waals surface area contributed by atoms with Gasteiger partial charge in [-0.1, -0.05) is 0 Å². The predicted molar refractivity (Wildman–Crippen MR) is 61.6 cm³/mol. The molecule has 0 unspecified atom stereocenters. The molecule has 0 saturated carbocycles. The average molecular weight is 225 g/mol. The zero-order valence-electron chi connectivity index (χ0n) is 10.1. The SMILES string of the molecule is CCOC(=O)c1ccc(CCO)n1C(C)C. The first kappa shape index (κ1) is 12.8. The largest absolute Gasteiger partial charge is 0.461 e. The van der Waals surface area contributed by atoms with E-state index in [9.17, 15) is 4.79 Å². The fourth-order valence-electron chi connectivity index (χ4n) is 1.79. The van der Waals surface area contributed by atoms with Crippen molar-refractivity contribution in [2.45, 2.75) is 33.2 Å². The van der Waals surface area contributed by atoms with Gasteiger partial charge in [-0.05, 0) is 32.9 Å². The molecule has 0 aliphatic rings. The molecule has 0 fully saturated rings. The van der Waals surface area contributed by atoms with Gasteiger partial charge in [-0.2, -0.15) is 0 Å². The van der Waals surface area contributed by atoms with Crippen LogP contribution in [0.2, 0.25) is 0 Å². The van der Waals surface area contributed by atoms with Gasteiger partial charge in [0.2, 0.25) is 0 Å². The maximum atomic E-state index is 11.7. The van der Waals surface area contributed by atoms with Crippen LogP contribution < -0.4 is 0 Å². The van der Waals surface area contributed by atoms with E-state index in [4.69, 9.17) is 9.84 Å². The van der Waals surface area contributed by atoms with Gasteiger partial charge < -0.3 is 14.4 Å². The highest BCUT2D eigenvalue weighted by Gasteiger charge is 2.17. The van der Waals surface area contributed by atoms with Crippen LogP contribution in [0.3, 0.4) is 0 Å². The highest BCUT2D eigenvalue weighted by atomic mass is 16.5. The Bertz CT molecular complexity index is 355. The van der Waals surface area contributed by atoms with Crippen molar-refractivity contribution in [1.82, 2.24) is 4.57 Å². The smallest absolute Gasteiger partial charge is 0.354 e. The molecule has 16 heavy (non-hydrogen) atoms. The number of hydrogen-bond donors (Lipinski definition) is 1. The second-order valence-corrected chi connectivity index (χ2v) is 3.87. The molecule has 0 aromatic carbocycles. The Morgan fingerprint density at radius 1 is 1.50 bits per heavy atom. The van der Waals surface area contributed by atoms with Crippen molar-refractivity contribution in [3.8, 4) is 0 Å². The molecule has 0 atom stereocenters. The van der Waals surface area contributed by atoms with Crippen molar-refractivity contribution < 1.29 is 14.6 Å². The third-order valence-electron chi connectivity index (χ3n) is 2.37. The number of carbonyl (C=O) groups excluding carboxylic acids is 1. The Morgan fingerprint density at radius 3 is 2.69 bits per heavy atom. The molecule has 0 spiro atoms. The number of esters is 1. The minimum atomic E-state index is -0.305. The second kappa shape index (κ2) is 5.70. The van der Waals surface area contributed by atoms with Gasteiger partial charge in [-0.15, -0.1) is 0 Å². The fraction of sp³-hybridized carbons (Fsp3) is 0.583. The van der Waals surface area contributed by atoms with Gasteiger partial charge >= 0.3 is 5.97 Å². The Hall–Kier alpha value is -1.29. The van der Waals surface area contributed by atoms with E-state index in [1.54, 1.807) is 13.0 Å². The molecule has 1 aromatic rings. The standard InChI is InChI=1S/C12H19NO3/c1-4-16-12(15)11-6-5-10(7-8-14)13(11)9(2)3/h5-6,9,14H,4,7-8H2,1-3H3. The maximum absolute atomic E-state index is 11.7. The lowest BCUT2D eigenvalue weighted by molar-refractivity contribution is 0.0511. The number of hydrogen-bond acceptors (Lipinski definition) is 3. The maximum Gasteiger partial charge on any atom is 0.354 e. The van der Waals surface area contributed by atoms with Crippen LogP contribution in [0.4, 0.5) is 0 Å². The second-order valence-electron chi connectivity index (χ2n) is 3.87. The van der Waals surface area contributed by atoms with Crippen molar-refractivity contribution in [3.63, 3.8) is 0 Å². The number of carbonyl (C=O) groups is 1. The lowest BCUT2D eigenvalue weighted by Crippen LogP contribution is -2.16. The lowest BCUT2D eigenvalue weighted by Gasteiger charge is -2.16. The van der Waals surface area contributed by atoms with E-state index in [1.807, 2.05) is 24.5 Å². The van der Waals surface area contributed by atoms with E-state index in [0.29, 0.717) is 18.7 Å². The molecule has 0 saturated heterocycles.